The SMILES string of the molecule is Cc1ccc(S(=O)(=O)N2CCCCC2CN2CCOCC2)cc1. The van der Waals surface area contributed by atoms with Gasteiger partial charge in [0, 0.05) is 32.2 Å². The van der Waals surface area contributed by atoms with E-state index in [1.165, 1.54) is 0 Å². The van der Waals surface area contributed by atoms with Crippen LogP contribution < -0.4 is 0 Å². The molecule has 0 bridgehead atoms. The third kappa shape index (κ3) is 3.94. The summed E-state index contributed by atoms with van der Waals surface area (Å²) in [5.74, 6) is 0. The van der Waals surface area contributed by atoms with Gasteiger partial charge in [-0.1, -0.05) is 24.1 Å². The van der Waals surface area contributed by atoms with Gasteiger partial charge in [-0.05, 0) is 31.9 Å². The van der Waals surface area contributed by atoms with Gasteiger partial charge in [-0.25, -0.2) is 8.42 Å². The van der Waals surface area contributed by atoms with E-state index in [9.17, 15) is 8.42 Å². The molecule has 2 heterocycles. The van der Waals surface area contributed by atoms with E-state index in [-0.39, 0.29) is 6.04 Å². The molecule has 128 valence electrons. The highest BCUT2D eigenvalue weighted by atomic mass is 32.2. The smallest absolute Gasteiger partial charge is 0.243 e. The number of morpholine rings is 1. The molecule has 0 aliphatic carbocycles. The first-order valence-corrected chi connectivity index (χ1v) is 9.90. The van der Waals surface area contributed by atoms with Gasteiger partial charge in [0.2, 0.25) is 10.0 Å². The highest BCUT2D eigenvalue weighted by Gasteiger charge is 2.34. The highest BCUT2D eigenvalue weighted by Crippen LogP contribution is 2.26. The first-order chi connectivity index (χ1) is 11.1. The molecule has 1 atom stereocenters. The van der Waals surface area contributed by atoms with Gasteiger partial charge in [0.15, 0.2) is 0 Å². The van der Waals surface area contributed by atoms with E-state index >= 15 is 0 Å². The van der Waals surface area contributed by atoms with Crippen LogP contribution in [-0.4, -0.2) is 63.1 Å². The molecular weight excluding hydrogens is 312 g/mol. The fraction of sp³-hybridized carbons (Fsp3) is 0.647. The van der Waals surface area contributed by atoms with Gasteiger partial charge < -0.3 is 4.74 Å². The molecule has 2 fully saturated rings. The Balaban J connectivity index is 1.78. The lowest BCUT2D eigenvalue weighted by Gasteiger charge is -2.38. The van der Waals surface area contributed by atoms with E-state index in [2.05, 4.69) is 4.90 Å². The van der Waals surface area contributed by atoms with Crippen molar-refractivity contribution in [2.45, 2.75) is 37.1 Å². The fourth-order valence-electron chi connectivity index (χ4n) is 3.40. The second-order valence-electron chi connectivity index (χ2n) is 6.49. The van der Waals surface area contributed by atoms with Crippen LogP contribution in [0.5, 0.6) is 0 Å². The Hall–Kier alpha value is -0.950. The van der Waals surface area contributed by atoms with Crippen molar-refractivity contribution in [2.75, 3.05) is 39.4 Å². The van der Waals surface area contributed by atoms with Gasteiger partial charge in [0.1, 0.15) is 0 Å². The number of aryl methyl sites for hydroxylation is 1. The minimum atomic E-state index is -3.40. The third-order valence-corrected chi connectivity index (χ3v) is 6.74. The predicted molar refractivity (Wildman–Crippen MR) is 90.0 cm³/mol. The molecule has 0 spiro atoms. The van der Waals surface area contributed by atoms with Crippen LogP contribution in [-0.2, 0) is 14.8 Å². The van der Waals surface area contributed by atoms with Gasteiger partial charge in [0.05, 0.1) is 18.1 Å². The molecule has 0 radical (unpaired) electrons. The molecule has 2 aliphatic rings. The van der Waals surface area contributed by atoms with Crippen LogP contribution in [0.25, 0.3) is 0 Å². The molecular formula is C17H26N2O3S. The maximum atomic E-state index is 13.0. The summed E-state index contributed by atoms with van der Waals surface area (Å²) in [6.07, 6.45) is 3.00. The average molecular weight is 338 g/mol. The molecule has 1 aromatic carbocycles. The summed E-state index contributed by atoms with van der Waals surface area (Å²) < 4.78 is 33.2. The largest absolute Gasteiger partial charge is 0.379 e. The lowest BCUT2D eigenvalue weighted by atomic mass is 10.0. The van der Waals surface area contributed by atoms with Gasteiger partial charge in [0.25, 0.3) is 0 Å². The second-order valence-corrected chi connectivity index (χ2v) is 8.38. The molecule has 1 unspecified atom stereocenters. The quantitative estimate of drug-likeness (QED) is 0.841. The van der Waals surface area contributed by atoms with E-state index in [0.717, 1.165) is 57.7 Å². The van der Waals surface area contributed by atoms with Crippen molar-refractivity contribution in [3.05, 3.63) is 29.8 Å². The normalized spacial score (nSPS) is 24.7. The molecule has 23 heavy (non-hydrogen) atoms. The summed E-state index contributed by atoms with van der Waals surface area (Å²) in [7, 11) is -3.40. The zero-order chi connectivity index (χ0) is 16.3. The van der Waals surface area contributed by atoms with Crippen LogP contribution in [0.3, 0.4) is 0 Å². The number of ether oxygens (including phenoxy) is 1. The van der Waals surface area contributed by atoms with Crippen molar-refractivity contribution < 1.29 is 13.2 Å². The molecule has 0 aromatic heterocycles. The summed E-state index contributed by atoms with van der Waals surface area (Å²) in [5, 5.41) is 0. The van der Waals surface area contributed by atoms with Crippen molar-refractivity contribution in [3.63, 3.8) is 0 Å². The number of hydrogen-bond donors (Lipinski definition) is 0. The molecule has 0 saturated carbocycles. The van der Waals surface area contributed by atoms with Crippen molar-refractivity contribution in [3.8, 4) is 0 Å². The topological polar surface area (TPSA) is 49.9 Å². The summed E-state index contributed by atoms with van der Waals surface area (Å²) in [4.78, 5) is 2.74. The maximum Gasteiger partial charge on any atom is 0.243 e. The summed E-state index contributed by atoms with van der Waals surface area (Å²) in [6, 6.07) is 7.27. The molecule has 0 N–H and O–H groups in total. The fourth-order valence-corrected chi connectivity index (χ4v) is 5.09. The number of piperidine rings is 1. The van der Waals surface area contributed by atoms with Crippen LogP contribution >= 0.6 is 0 Å². The van der Waals surface area contributed by atoms with Crippen molar-refractivity contribution in [1.29, 1.82) is 0 Å². The number of rotatable bonds is 4. The summed E-state index contributed by atoms with van der Waals surface area (Å²) in [6.45, 7) is 6.71. The Morgan fingerprint density at radius 2 is 1.78 bits per heavy atom. The Labute approximate surface area is 139 Å². The van der Waals surface area contributed by atoms with Crippen molar-refractivity contribution in [1.82, 2.24) is 9.21 Å². The average Bonchev–Trinajstić information content (AvgIpc) is 2.56. The van der Waals surface area contributed by atoms with Crippen LogP contribution in [0.2, 0.25) is 0 Å². The molecule has 3 rings (SSSR count). The van der Waals surface area contributed by atoms with Gasteiger partial charge in [-0.3, -0.25) is 4.90 Å². The number of nitrogens with zero attached hydrogens (tertiary/aromatic N) is 2. The second kappa shape index (κ2) is 7.30. The van der Waals surface area contributed by atoms with Crippen LogP contribution in [0.1, 0.15) is 24.8 Å². The van der Waals surface area contributed by atoms with E-state index in [1.807, 2.05) is 19.1 Å². The van der Waals surface area contributed by atoms with Gasteiger partial charge >= 0.3 is 0 Å². The van der Waals surface area contributed by atoms with Gasteiger partial charge in [-0.2, -0.15) is 4.31 Å². The highest BCUT2D eigenvalue weighted by molar-refractivity contribution is 7.89. The summed E-state index contributed by atoms with van der Waals surface area (Å²) in [5.41, 5.74) is 1.08. The molecule has 2 aliphatic heterocycles. The Kier molecular flexibility index (Phi) is 5.36. The lowest BCUT2D eigenvalue weighted by molar-refractivity contribution is 0.0263. The minimum absolute atomic E-state index is 0.0770. The predicted octanol–water partition coefficient (Wildman–Crippen LogP) is 1.87. The molecule has 2 saturated heterocycles. The van der Waals surface area contributed by atoms with Crippen LogP contribution in [0.15, 0.2) is 29.2 Å². The summed E-state index contributed by atoms with van der Waals surface area (Å²) >= 11 is 0. The van der Waals surface area contributed by atoms with Crippen molar-refractivity contribution >= 4 is 10.0 Å². The monoisotopic (exact) mass is 338 g/mol. The number of hydrogen-bond acceptors (Lipinski definition) is 4. The zero-order valence-corrected chi connectivity index (χ0v) is 14.6. The molecule has 0 amide bonds. The lowest BCUT2D eigenvalue weighted by Crippen LogP contribution is -2.51. The van der Waals surface area contributed by atoms with Gasteiger partial charge in [-0.15, -0.1) is 0 Å². The number of benzene rings is 1. The van der Waals surface area contributed by atoms with Crippen LogP contribution in [0, 0.1) is 6.92 Å². The first-order valence-electron chi connectivity index (χ1n) is 8.46. The minimum Gasteiger partial charge on any atom is -0.379 e. The van der Waals surface area contributed by atoms with Crippen molar-refractivity contribution in [2.24, 2.45) is 0 Å². The third-order valence-electron chi connectivity index (χ3n) is 4.77. The molecule has 6 heteroatoms. The number of sulfonamides is 1. The molecule has 5 nitrogen and oxygen atoms in total. The Morgan fingerprint density at radius 1 is 1.09 bits per heavy atom. The van der Waals surface area contributed by atoms with Crippen LogP contribution in [0.4, 0.5) is 0 Å². The maximum absolute atomic E-state index is 13.0. The first kappa shape index (κ1) is 16.9. The van der Waals surface area contributed by atoms with E-state index < -0.39 is 10.0 Å². The molecule has 1 aromatic rings. The standard InChI is InChI=1S/C17H26N2O3S/c1-15-5-7-17(8-6-15)23(20,21)19-9-3-2-4-16(19)14-18-10-12-22-13-11-18/h5-8,16H,2-4,9-14H2,1H3. The Morgan fingerprint density at radius 3 is 2.48 bits per heavy atom. The zero-order valence-electron chi connectivity index (χ0n) is 13.8. The Bertz CT molecular complexity index is 609. The van der Waals surface area contributed by atoms with E-state index in [0.29, 0.717) is 11.4 Å². The van der Waals surface area contributed by atoms with E-state index in [1.54, 1.807) is 16.4 Å². The van der Waals surface area contributed by atoms with E-state index in [4.69, 9.17) is 4.74 Å².